The minimum atomic E-state index is -0.956. The van der Waals surface area contributed by atoms with Gasteiger partial charge in [-0.1, -0.05) is 24.3 Å². The van der Waals surface area contributed by atoms with Crippen molar-refractivity contribution in [1.29, 1.82) is 0 Å². The number of benzene rings is 1. The van der Waals surface area contributed by atoms with E-state index in [2.05, 4.69) is 0 Å². The normalized spacial score (nSPS) is 12.5. The standard InChI is InChI=1S/C11H13FO/c1-9(12)11-7-3-2-5-10(11)6-4-8-13/h2-3,5,7-9H,4,6H2,1H3. The van der Waals surface area contributed by atoms with Crippen molar-refractivity contribution in [2.24, 2.45) is 0 Å². The number of hydrogen-bond donors (Lipinski definition) is 0. The van der Waals surface area contributed by atoms with Crippen LogP contribution in [-0.4, -0.2) is 6.29 Å². The van der Waals surface area contributed by atoms with Gasteiger partial charge in [-0.05, 0) is 24.5 Å². The number of rotatable bonds is 4. The van der Waals surface area contributed by atoms with Gasteiger partial charge in [0, 0.05) is 6.42 Å². The Balaban J connectivity index is 2.84. The minimum Gasteiger partial charge on any atom is -0.303 e. The third kappa shape index (κ3) is 2.65. The van der Waals surface area contributed by atoms with Crippen LogP contribution in [0.5, 0.6) is 0 Å². The van der Waals surface area contributed by atoms with E-state index < -0.39 is 6.17 Å². The second-order valence-electron chi connectivity index (χ2n) is 3.02. The molecule has 0 amide bonds. The first-order valence-electron chi connectivity index (χ1n) is 4.41. The molecule has 0 heterocycles. The lowest BCUT2D eigenvalue weighted by Gasteiger charge is -2.08. The monoisotopic (exact) mass is 180 g/mol. The average molecular weight is 180 g/mol. The van der Waals surface area contributed by atoms with Crippen LogP contribution in [0.4, 0.5) is 4.39 Å². The van der Waals surface area contributed by atoms with E-state index in [-0.39, 0.29) is 0 Å². The fourth-order valence-electron chi connectivity index (χ4n) is 1.36. The minimum absolute atomic E-state index is 0.462. The average Bonchev–Trinajstić information content (AvgIpc) is 2.15. The van der Waals surface area contributed by atoms with Crippen molar-refractivity contribution >= 4 is 6.29 Å². The summed E-state index contributed by atoms with van der Waals surface area (Å²) in [6, 6.07) is 7.32. The molecule has 1 rings (SSSR count). The summed E-state index contributed by atoms with van der Waals surface area (Å²) in [4.78, 5) is 10.2. The van der Waals surface area contributed by atoms with Gasteiger partial charge < -0.3 is 4.79 Å². The predicted octanol–water partition coefficient (Wildman–Crippen LogP) is 2.85. The molecule has 1 unspecified atom stereocenters. The molecular formula is C11H13FO. The van der Waals surface area contributed by atoms with Gasteiger partial charge in [0.25, 0.3) is 0 Å². The first kappa shape index (κ1) is 9.90. The summed E-state index contributed by atoms with van der Waals surface area (Å²) in [5.74, 6) is 0. The second kappa shape index (κ2) is 4.75. The van der Waals surface area contributed by atoms with Gasteiger partial charge in [0.2, 0.25) is 0 Å². The Morgan fingerprint density at radius 3 is 2.77 bits per heavy atom. The number of carbonyl (C=O) groups is 1. The summed E-state index contributed by atoms with van der Waals surface area (Å²) in [6.07, 6.45) is 1.00. The van der Waals surface area contributed by atoms with Crippen LogP contribution in [0.25, 0.3) is 0 Å². The van der Waals surface area contributed by atoms with Crippen LogP contribution in [0.15, 0.2) is 24.3 Å². The fraction of sp³-hybridized carbons (Fsp3) is 0.364. The van der Waals surface area contributed by atoms with Crippen molar-refractivity contribution in [3.05, 3.63) is 35.4 Å². The van der Waals surface area contributed by atoms with E-state index >= 15 is 0 Å². The molecule has 1 nitrogen and oxygen atoms in total. The number of alkyl halides is 1. The van der Waals surface area contributed by atoms with Crippen LogP contribution in [0.3, 0.4) is 0 Å². The third-order valence-corrected chi connectivity index (χ3v) is 2.02. The number of hydrogen-bond acceptors (Lipinski definition) is 1. The maximum absolute atomic E-state index is 13.0. The molecule has 2 heteroatoms. The van der Waals surface area contributed by atoms with Crippen LogP contribution < -0.4 is 0 Å². The van der Waals surface area contributed by atoms with E-state index in [9.17, 15) is 9.18 Å². The largest absolute Gasteiger partial charge is 0.303 e. The van der Waals surface area contributed by atoms with Crippen LogP contribution in [0.2, 0.25) is 0 Å². The van der Waals surface area contributed by atoms with Crippen molar-refractivity contribution in [1.82, 2.24) is 0 Å². The molecule has 0 radical (unpaired) electrons. The smallest absolute Gasteiger partial charge is 0.123 e. The van der Waals surface area contributed by atoms with Crippen molar-refractivity contribution in [2.75, 3.05) is 0 Å². The van der Waals surface area contributed by atoms with Crippen LogP contribution in [-0.2, 0) is 11.2 Å². The molecule has 1 aromatic carbocycles. The summed E-state index contributed by atoms with van der Waals surface area (Å²) in [5, 5.41) is 0. The fourth-order valence-corrected chi connectivity index (χ4v) is 1.36. The van der Waals surface area contributed by atoms with Gasteiger partial charge in [-0.25, -0.2) is 4.39 Å². The van der Waals surface area contributed by atoms with Gasteiger partial charge >= 0.3 is 0 Å². The molecule has 0 N–H and O–H groups in total. The molecule has 0 bridgehead atoms. The van der Waals surface area contributed by atoms with E-state index in [0.717, 1.165) is 11.8 Å². The Morgan fingerprint density at radius 2 is 2.15 bits per heavy atom. The summed E-state index contributed by atoms with van der Waals surface area (Å²) in [5.41, 5.74) is 1.63. The van der Waals surface area contributed by atoms with Crippen LogP contribution in [0.1, 0.15) is 30.6 Å². The number of carbonyl (C=O) groups excluding carboxylic acids is 1. The highest BCUT2D eigenvalue weighted by molar-refractivity contribution is 5.50. The molecule has 13 heavy (non-hydrogen) atoms. The Kier molecular flexibility index (Phi) is 3.62. The first-order valence-corrected chi connectivity index (χ1v) is 4.41. The molecule has 70 valence electrons. The molecule has 0 saturated heterocycles. The van der Waals surface area contributed by atoms with Gasteiger partial charge in [-0.2, -0.15) is 0 Å². The first-order chi connectivity index (χ1) is 6.25. The molecule has 0 spiro atoms. The van der Waals surface area contributed by atoms with Crippen molar-refractivity contribution in [3.8, 4) is 0 Å². The summed E-state index contributed by atoms with van der Waals surface area (Å²) in [6.45, 7) is 1.51. The highest BCUT2D eigenvalue weighted by atomic mass is 19.1. The highest BCUT2D eigenvalue weighted by Crippen LogP contribution is 2.21. The maximum Gasteiger partial charge on any atom is 0.123 e. The van der Waals surface area contributed by atoms with Gasteiger partial charge in [-0.3, -0.25) is 0 Å². The Morgan fingerprint density at radius 1 is 1.46 bits per heavy atom. The topological polar surface area (TPSA) is 17.1 Å². The predicted molar refractivity (Wildman–Crippen MR) is 50.4 cm³/mol. The van der Waals surface area contributed by atoms with Crippen molar-refractivity contribution in [3.63, 3.8) is 0 Å². The van der Waals surface area contributed by atoms with E-state index in [4.69, 9.17) is 0 Å². The molecule has 0 aliphatic heterocycles. The molecule has 1 aromatic rings. The van der Waals surface area contributed by atoms with E-state index in [1.165, 1.54) is 6.92 Å². The Bertz CT molecular complexity index is 281. The van der Waals surface area contributed by atoms with Gasteiger partial charge in [-0.15, -0.1) is 0 Å². The highest BCUT2D eigenvalue weighted by Gasteiger charge is 2.07. The molecule has 0 aromatic heterocycles. The Hall–Kier alpha value is -1.18. The lowest BCUT2D eigenvalue weighted by atomic mass is 10.0. The zero-order valence-electron chi connectivity index (χ0n) is 7.66. The van der Waals surface area contributed by atoms with Crippen LogP contribution >= 0.6 is 0 Å². The summed E-state index contributed by atoms with van der Waals surface area (Å²) < 4.78 is 13.0. The number of aryl methyl sites for hydroxylation is 1. The van der Waals surface area contributed by atoms with Crippen LogP contribution in [0, 0.1) is 0 Å². The molecule has 0 fully saturated rings. The maximum atomic E-state index is 13.0. The van der Waals surface area contributed by atoms with E-state index in [1.54, 1.807) is 6.07 Å². The zero-order valence-corrected chi connectivity index (χ0v) is 7.66. The number of halogens is 1. The SMILES string of the molecule is CC(F)c1ccccc1CCC=O. The van der Waals surface area contributed by atoms with Gasteiger partial charge in [0.1, 0.15) is 12.5 Å². The molecule has 0 aliphatic carbocycles. The third-order valence-electron chi connectivity index (χ3n) is 2.02. The van der Waals surface area contributed by atoms with Crippen molar-refractivity contribution in [2.45, 2.75) is 25.9 Å². The second-order valence-corrected chi connectivity index (χ2v) is 3.02. The molecule has 1 atom stereocenters. The van der Waals surface area contributed by atoms with Gasteiger partial charge in [0.05, 0.1) is 0 Å². The lowest BCUT2D eigenvalue weighted by molar-refractivity contribution is -0.107. The summed E-state index contributed by atoms with van der Waals surface area (Å²) in [7, 11) is 0. The molecule has 0 saturated carbocycles. The van der Waals surface area contributed by atoms with E-state index in [1.807, 2.05) is 18.2 Å². The quantitative estimate of drug-likeness (QED) is 0.651. The Labute approximate surface area is 77.6 Å². The number of aldehydes is 1. The van der Waals surface area contributed by atoms with E-state index in [0.29, 0.717) is 18.4 Å². The lowest BCUT2D eigenvalue weighted by Crippen LogP contribution is -1.95. The van der Waals surface area contributed by atoms with Gasteiger partial charge in [0.15, 0.2) is 0 Å². The zero-order chi connectivity index (χ0) is 9.68. The van der Waals surface area contributed by atoms with Crippen molar-refractivity contribution < 1.29 is 9.18 Å². The molecule has 0 aliphatic rings. The molecular weight excluding hydrogens is 167 g/mol. The summed E-state index contributed by atoms with van der Waals surface area (Å²) >= 11 is 0.